The van der Waals surface area contributed by atoms with Crippen LogP contribution in [0.4, 0.5) is 0 Å². The second kappa shape index (κ2) is 7.49. The number of hydrogen-bond donors (Lipinski definition) is 1. The molecule has 1 N–H and O–H groups in total. The maximum atomic E-state index is 12.9. The van der Waals surface area contributed by atoms with Crippen LogP contribution >= 0.6 is 11.3 Å². The summed E-state index contributed by atoms with van der Waals surface area (Å²) < 4.78 is 0. The summed E-state index contributed by atoms with van der Waals surface area (Å²) in [6, 6.07) is 2.52. The zero-order valence-electron chi connectivity index (χ0n) is 14.6. The largest absolute Gasteiger partial charge is 0.384 e. The van der Waals surface area contributed by atoms with Crippen molar-refractivity contribution in [3.8, 4) is 11.8 Å². The molecule has 0 radical (unpaired) electrons. The molecule has 2 atom stereocenters. The molecule has 1 aromatic rings. The minimum Gasteiger partial charge on any atom is -0.384 e. The van der Waals surface area contributed by atoms with Gasteiger partial charge in [0.15, 0.2) is 0 Å². The minimum atomic E-state index is -0.0976. The van der Waals surface area contributed by atoms with Gasteiger partial charge in [-0.15, -0.1) is 11.3 Å². The molecule has 134 valence electrons. The van der Waals surface area contributed by atoms with Crippen LogP contribution in [-0.4, -0.2) is 53.1 Å². The standard InChI is InChI=1S/C20H26N2O2S/c23-8-2-5-16-9-19(25-14-16)13-21-11-17-6-7-18(12-21)22(20(17)24)10-15-3-1-4-15/h9,14-15,17-18,23H,1,3-4,6-8,10-13H2/t17-,18+/m1/s1. The highest BCUT2D eigenvalue weighted by molar-refractivity contribution is 7.10. The summed E-state index contributed by atoms with van der Waals surface area (Å²) in [5.74, 6) is 7.02. The van der Waals surface area contributed by atoms with E-state index in [0.717, 1.165) is 50.5 Å². The number of aliphatic hydroxyl groups is 1. The first-order valence-corrected chi connectivity index (χ1v) is 10.3. The van der Waals surface area contributed by atoms with E-state index < -0.39 is 0 Å². The topological polar surface area (TPSA) is 43.8 Å². The first-order valence-electron chi connectivity index (χ1n) is 9.43. The highest BCUT2D eigenvalue weighted by atomic mass is 32.1. The Morgan fingerprint density at radius 1 is 1.24 bits per heavy atom. The second-order valence-electron chi connectivity index (χ2n) is 7.67. The zero-order valence-corrected chi connectivity index (χ0v) is 15.4. The fourth-order valence-electron chi connectivity index (χ4n) is 4.34. The van der Waals surface area contributed by atoms with Crippen LogP contribution in [0.3, 0.4) is 0 Å². The number of carbonyl (C=O) groups is 1. The quantitative estimate of drug-likeness (QED) is 0.840. The highest BCUT2D eigenvalue weighted by Gasteiger charge is 2.41. The monoisotopic (exact) mass is 358 g/mol. The predicted octanol–water partition coefficient (Wildman–Crippen LogP) is 2.31. The molecule has 1 saturated carbocycles. The molecule has 0 aromatic carbocycles. The smallest absolute Gasteiger partial charge is 0.227 e. The van der Waals surface area contributed by atoms with Crippen molar-refractivity contribution in [1.29, 1.82) is 0 Å². The van der Waals surface area contributed by atoms with E-state index in [-0.39, 0.29) is 12.5 Å². The summed E-state index contributed by atoms with van der Waals surface area (Å²) in [6.07, 6.45) is 6.17. The lowest BCUT2D eigenvalue weighted by molar-refractivity contribution is -0.141. The van der Waals surface area contributed by atoms with Crippen LogP contribution in [0.25, 0.3) is 0 Å². The Bertz CT molecular complexity index is 685. The van der Waals surface area contributed by atoms with Crippen LogP contribution in [0.2, 0.25) is 0 Å². The SMILES string of the molecule is O=C1[C@@H]2CC[C@@H](CN(Cc3cc(C#CCO)cs3)C2)N1CC1CCC1. The van der Waals surface area contributed by atoms with Crippen molar-refractivity contribution in [3.63, 3.8) is 0 Å². The molecule has 0 unspecified atom stereocenters. The van der Waals surface area contributed by atoms with E-state index in [2.05, 4.69) is 33.1 Å². The number of fused-ring (bicyclic) bond motifs is 4. The molecule has 1 amide bonds. The number of amides is 1. The van der Waals surface area contributed by atoms with Gasteiger partial charge in [0.2, 0.25) is 5.91 Å². The average molecular weight is 359 g/mol. The molecule has 2 bridgehead atoms. The fourth-order valence-corrected chi connectivity index (χ4v) is 5.20. The van der Waals surface area contributed by atoms with Gasteiger partial charge in [-0.05, 0) is 37.7 Å². The van der Waals surface area contributed by atoms with Crippen molar-refractivity contribution in [2.24, 2.45) is 11.8 Å². The normalized spacial score (nSPS) is 26.9. The molecule has 4 fully saturated rings. The van der Waals surface area contributed by atoms with Gasteiger partial charge >= 0.3 is 0 Å². The number of nitrogens with zero attached hydrogens (tertiary/aromatic N) is 2. The highest BCUT2D eigenvalue weighted by Crippen LogP contribution is 2.34. The molecule has 1 aromatic heterocycles. The fraction of sp³-hybridized carbons (Fsp3) is 0.650. The summed E-state index contributed by atoms with van der Waals surface area (Å²) >= 11 is 1.72. The second-order valence-corrected chi connectivity index (χ2v) is 8.67. The van der Waals surface area contributed by atoms with Crippen LogP contribution in [0, 0.1) is 23.7 Å². The number of aliphatic hydroxyl groups excluding tert-OH is 1. The van der Waals surface area contributed by atoms with E-state index in [1.165, 1.54) is 24.1 Å². The van der Waals surface area contributed by atoms with Crippen molar-refractivity contribution in [2.45, 2.75) is 44.7 Å². The van der Waals surface area contributed by atoms with Crippen LogP contribution in [0.1, 0.15) is 42.5 Å². The van der Waals surface area contributed by atoms with E-state index in [4.69, 9.17) is 5.11 Å². The molecule has 5 heteroatoms. The third kappa shape index (κ3) is 3.76. The molecular formula is C20H26N2O2S. The van der Waals surface area contributed by atoms with E-state index in [1.807, 2.05) is 0 Å². The lowest BCUT2D eigenvalue weighted by atomic mass is 9.83. The van der Waals surface area contributed by atoms with E-state index >= 15 is 0 Å². The molecule has 4 heterocycles. The van der Waals surface area contributed by atoms with Gasteiger partial charge in [-0.25, -0.2) is 0 Å². The Morgan fingerprint density at radius 2 is 2.12 bits per heavy atom. The van der Waals surface area contributed by atoms with Crippen molar-refractivity contribution in [1.82, 2.24) is 9.80 Å². The van der Waals surface area contributed by atoms with Gasteiger partial charge in [0.1, 0.15) is 6.61 Å². The van der Waals surface area contributed by atoms with Gasteiger partial charge in [-0.2, -0.15) is 0 Å². The van der Waals surface area contributed by atoms with Crippen LogP contribution in [0.15, 0.2) is 11.4 Å². The molecule has 3 saturated heterocycles. The summed E-state index contributed by atoms with van der Waals surface area (Å²) in [5, 5.41) is 10.9. The van der Waals surface area contributed by atoms with Crippen LogP contribution in [0.5, 0.6) is 0 Å². The number of carbonyl (C=O) groups excluding carboxylic acids is 1. The summed E-state index contributed by atoms with van der Waals surface area (Å²) in [7, 11) is 0. The molecule has 3 aliphatic heterocycles. The first kappa shape index (κ1) is 17.1. The Kier molecular flexibility index (Phi) is 5.12. The van der Waals surface area contributed by atoms with Crippen molar-refractivity contribution >= 4 is 17.2 Å². The van der Waals surface area contributed by atoms with Gasteiger partial charge < -0.3 is 10.0 Å². The van der Waals surface area contributed by atoms with Gasteiger partial charge in [0.25, 0.3) is 0 Å². The molecule has 1 aliphatic carbocycles. The third-order valence-electron chi connectivity index (χ3n) is 5.89. The lowest BCUT2D eigenvalue weighted by Crippen LogP contribution is -2.50. The first-order chi connectivity index (χ1) is 12.2. The molecule has 0 spiro atoms. The maximum Gasteiger partial charge on any atom is 0.227 e. The Morgan fingerprint density at radius 3 is 2.88 bits per heavy atom. The molecule has 4 nitrogen and oxygen atoms in total. The Balaban J connectivity index is 1.42. The predicted molar refractivity (Wildman–Crippen MR) is 99.1 cm³/mol. The van der Waals surface area contributed by atoms with E-state index in [1.54, 1.807) is 11.3 Å². The molecule has 4 aliphatic rings. The van der Waals surface area contributed by atoms with Gasteiger partial charge in [0, 0.05) is 48.0 Å². The van der Waals surface area contributed by atoms with E-state index in [0.29, 0.717) is 11.9 Å². The van der Waals surface area contributed by atoms with Gasteiger partial charge in [-0.1, -0.05) is 18.3 Å². The Labute approximate surface area is 153 Å². The summed E-state index contributed by atoms with van der Waals surface area (Å²) in [5.41, 5.74) is 0.981. The molecule has 25 heavy (non-hydrogen) atoms. The van der Waals surface area contributed by atoms with Gasteiger partial charge in [0.05, 0.1) is 5.92 Å². The van der Waals surface area contributed by atoms with Crippen molar-refractivity contribution < 1.29 is 9.90 Å². The van der Waals surface area contributed by atoms with Gasteiger partial charge in [-0.3, -0.25) is 9.69 Å². The van der Waals surface area contributed by atoms with Crippen molar-refractivity contribution in [3.05, 3.63) is 21.9 Å². The number of piperidine rings is 1. The minimum absolute atomic E-state index is 0.0976. The average Bonchev–Trinajstić information content (AvgIpc) is 2.84. The summed E-state index contributed by atoms with van der Waals surface area (Å²) in [4.78, 5) is 18.9. The van der Waals surface area contributed by atoms with E-state index in [9.17, 15) is 4.79 Å². The number of thiophene rings is 1. The molecular weight excluding hydrogens is 332 g/mol. The number of hydrogen-bond acceptors (Lipinski definition) is 4. The van der Waals surface area contributed by atoms with Crippen molar-refractivity contribution in [2.75, 3.05) is 26.2 Å². The number of rotatable bonds is 4. The zero-order chi connectivity index (χ0) is 17.2. The lowest BCUT2D eigenvalue weighted by Gasteiger charge is -2.40. The Hall–Kier alpha value is -1.35. The summed E-state index contributed by atoms with van der Waals surface area (Å²) in [6.45, 7) is 3.70. The van der Waals surface area contributed by atoms with Crippen LogP contribution in [-0.2, 0) is 11.3 Å². The van der Waals surface area contributed by atoms with Crippen LogP contribution < -0.4 is 0 Å². The molecule has 5 rings (SSSR count). The third-order valence-corrected chi connectivity index (χ3v) is 6.82. The maximum absolute atomic E-state index is 12.9.